The molecule has 3 heterocycles. The minimum absolute atomic E-state index is 0.430. The number of nitrogens with one attached hydrogen (secondary N) is 1. The SMILES string of the molecule is N=CS(=O)c1ccc(Cc2c(Cl)nc3ncnn3c2N2CCCC2)cc1. The lowest BCUT2D eigenvalue weighted by Crippen LogP contribution is -2.23. The number of benzene rings is 1. The van der Waals surface area contributed by atoms with Gasteiger partial charge in [0, 0.05) is 30.0 Å². The van der Waals surface area contributed by atoms with Crippen molar-refractivity contribution >= 4 is 39.5 Å². The molecule has 0 spiro atoms. The summed E-state index contributed by atoms with van der Waals surface area (Å²) in [5.41, 5.74) is 2.87. The predicted molar refractivity (Wildman–Crippen MR) is 102 cm³/mol. The van der Waals surface area contributed by atoms with E-state index in [1.54, 1.807) is 16.6 Å². The summed E-state index contributed by atoms with van der Waals surface area (Å²) in [6, 6.07) is 7.38. The van der Waals surface area contributed by atoms with Gasteiger partial charge in [-0.3, -0.25) is 5.41 Å². The number of anilines is 1. The largest absolute Gasteiger partial charge is 0.356 e. The topological polar surface area (TPSA) is 87.2 Å². The molecule has 7 nitrogen and oxygen atoms in total. The first-order valence-electron chi connectivity index (χ1n) is 8.30. The van der Waals surface area contributed by atoms with Crippen LogP contribution in [0, 0.1) is 5.41 Å². The van der Waals surface area contributed by atoms with Gasteiger partial charge < -0.3 is 4.90 Å². The maximum absolute atomic E-state index is 11.7. The standard InChI is InChI=1S/C17H17ClN6OS/c18-15-14(9-12-3-5-13(6-4-12)26(25)10-19)16(23-7-1-2-8-23)24-17(22-15)20-11-21-24/h3-6,10-11,19H,1-2,7-9H2. The van der Waals surface area contributed by atoms with Crippen LogP contribution in [0.15, 0.2) is 35.5 Å². The van der Waals surface area contributed by atoms with Gasteiger partial charge in [0.1, 0.15) is 17.3 Å². The second kappa shape index (κ2) is 7.13. The molecule has 134 valence electrons. The zero-order valence-electron chi connectivity index (χ0n) is 13.9. The fourth-order valence-electron chi connectivity index (χ4n) is 3.26. The van der Waals surface area contributed by atoms with Crippen molar-refractivity contribution in [1.29, 1.82) is 5.41 Å². The zero-order chi connectivity index (χ0) is 18.1. The van der Waals surface area contributed by atoms with Gasteiger partial charge in [0.15, 0.2) is 0 Å². The average molecular weight is 389 g/mol. The second-order valence-electron chi connectivity index (χ2n) is 6.11. The van der Waals surface area contributed by atoms with Crippen LogP contribution < -0.4 is 4.90 Å². The molecule has 2 aromatic heterocycles. The quantitative estimate of drug-likeness (QED) is 0.412. The van der Waals surface area contributed by atoms with Gasteiger partial charge in [-0.1, -0.05) is 23.7 Å². The number of fused-ring (bicyclic) bond motifs is 1. The molecule has 0 aliphatic carbocycles. The first-order chi connectivity index (χ1) is 12.7. The molecule has 1 saturated heterocycles. The van der Waals surface area contributed by atoms with E-state index in [4.69, 9.17) is 17.0 Å². The summed E-state index contributed by atoms with van der Waals surface area (Å²) in [5.74, 6) is 1.44. The molecule has 0 saturated carbocycles. The van der Waals surface area contributed by atoms with Crippen molar-refractivity contribution in [3.63, 3.8) is 0 Å². The van der Waals surface area contributed by atoms with Crippen molar-refractivity contribution in [2.75, 3.05) is 18.0 Å². The van der Waals surface area contributed by atoms with Crippen molar-refractivity contribution in [1.82, 2.24) is 19.6 Å². The summed E-state index contributed by atoms with van der Waals surface area (Å²) in [6.45, 7) is 1.92. The van der Waals surface area contributed by atoms with Crippen LogP contribution in [0.3, 0.4) is 0 Å². The van der Waals surface area contributed by atoms with Gasteiger partial charge in [-0.05, 0) is 30.5 Å². The summed E-state index contributed by atoms with van der Waals surface area (Å²) in [7, 11) is -1.40. The highest BCUT2D eigenvalue weighted by molar-refractivity contribution is 7.98. The maximum atomic E-state index is 11.7. The van der Waals surface area contributed by atoms with Crippen LogP contribution in [-0.4, -0.2) is 42.4 Å². The Morgan fingerprint density at radius 1 is 1.23 bits per heavy atom. The molecule has 0 radical (unpaired) electrons. The van der Waals surface area contributed by atoms with E-state index in [-0.39, 0.29) is 0 Å². The number of nitrogens with zero attached hydrogens (tertiary/aromatic N) is 5. The molecular weight excluding hydrogens is 372 g/mol. The van der Waals surface area contributed by atoms with Gasteiger partial charge >= 0.3 is 0 Å². The number of aromatic nitrogens is 4. The summed E-state index contributed by atoms with van der Waals surface area (Å²) in [4.78, 5) is 11.4. The maximum Gasteiger partial charge on any atom is 0.255 e. The smallest absolute Gasteiger partial charge is 0.255 e. The van der Waals surface area contributed by atoms with Crippen molar-refractivity contribution < 1.29 is 4.21 Å². The Balaban J connectivity index is 1.75. The zero-order valence-corrected chi connectivity index (χ0v) is 15.5. The van der Waals surface area contributed by atoms with Crippen molar-refractivity contribution in [2.24, 2.45) is 0 Å². The first kappa shape index (κ1) is 17.1. The van der Waals surface area contributed by atoms with Gasteiger partial charge in [-0.15, -0.1) is 0 Å². The molecule has 3 aromatic rings. The van der Waals surface area contributed by atoms with Gasteiger partial charge in [-0.2, -0.15) is 19.6 Å². The molecule has 26 heavy (non-hydrogen) atoms. The highest BCUT2D eigenvalue weighted by atomic mass is 35.5. The highest BCUT2D eigenvalue weighted by Gasteiger charge is 2.23. The fraction of sp³-hybridized carbons (Fsp3) is 0.294. The lowest BCUT2D eigenvalue weighted by molar-refractivity contribution is 0.690. The third kappa shape index (κ3) is 3.10. The Kier molecular flexibility index (Phi) is 4.69. The Hall–Kier alpha value is -2.32. The van der Waals surface area contributed by atoms with Crippen LogP contribution >= 0.6 is 11.6 Å². The Labute approximate surface area is 158 Å². The second-order valence-corrected chi connectivity index (χ2v) is 7.77. The monoisotopic (exact) mass is 388 g/mol. The van der Waals surface area contributed by atoms with Crippen molar-refractivity contribution in [2.45, 2.75) is 24.2 Å². The van der Waals surface area contributed by atoms with Crippen LogP contribution in [-0.2, 0) is 17.2 Å². The summed E-state index contributed by atoms with van der Waals surface area (Å²) in [5, 5.41) is 11.9. The number of rotatable bonds is 5. The molecule has 1 aromatic carbocycles. The van der Waals surface area contributed by atoms with E-state index in [9.17, 15) is 4.21 Å². The summed E-state index contributed by atoms with van der Waals surface area (Å²) >= 11 is 6.50. The minimum atomic E-state index is -1.40. The van der Waals surface area contributed by atoms with E-state index in [0.717, 1.165) is 48.4 Å². The third-order valence-electron chi connectivity index (χ3n) is 4.50. The Morgan fingerprint density at radius 2 is 1.96 bits per heavy atom. The predicted octanol–water partition coefficient (Wildman–Crippen LogP) is 2.68. The molecule has 9 heteroatoms. The molecule has 1 unspecified atom stereocenters. The Bertz CT molecular complexity index is 981. The fourth-order valence-corrected chi connectivity index (χ4v) is 4.02. The highest BCUT2D eigenvalue weighted by Crippen LogP contribution is 2.31. The van der Waals surface area contributed by atoms with Gasteiger partial charge in [0.2, 0.25) is 0 Å². The van der Waals surface area contributed by atoms with Crippen molar-refractivity contribution in [3.8, 4) is 0 Å². The molecule has 1 aliphatic heterocycles. The normalized spacial score (nSPS) is 15.5. The van der Waals surface area contributed by atoms with Crippen LogP contribution in [0.4, 0.5) is 5.82 Å². The number of hydrogen-bond acceptors (Lipinski definition) is 6. The molecule has 1 aliphatic rings. The number of hydrogen-bond donors (Lipinski definition) is 1. The van der Waals surface area contributed by atoms with Crippen LogP contribution in [0.5, 0.6) is 0 Å². The molecule has 1 N–H and O–H groups in total. The van der Waals surface area contributed by atoms with E-state index < -0.39 is 10.8 Å². The number of halogens is 1. The third-order valence-corrected chi connectivity index (χ3v) is 5.76. The molecule has 1 atom stereocenters. The molecule has 1 fully saturated rings. The van der Waals surface area contributed by atoms with E-state index in [2.05, 4.69) is 20.0 Å². The molecular formula is C17H17ClN6OS. The lowest BCUT2D eigenvalue weighted by Gasteiger charge is -2.22. The first-order valence-corrected chi connectivity index (χ1v) is 9.89. The lowest BCUT2D eigenvalue weighted by atomic mass is 10.1. The Morgan fingerprint density at radius 3 is 2.65 bits per heavy atom. The van der Waals surface area contributed by atoms with Gasteiger partial charge in [0.25, 0.3) is 5.78 Å². The van der Waals surface area contributed by atoms with Gasteiger partial charge in [0.05, 0.1) is 16.3 Å². The van der Waals surface area contributed by atoms with E-state index in [0.29, 0.717) is 22.2 Å². The molecule has 4 rings (SSSR count). The van der Waals surface area contributed by atoms with Crippen LogP contribution in [0.2, 0.25) is 5.15 Å². The molecule has 0 amide bonds. The van der Waals surface area contributed by atoms with Crippen molar-refractivity contribution in [3.05, 3.63) is 46.9 Å². The van der Waals surface area contributed by atoms with E-state index in [1.165, 1.54) is 6.33 Å². The van der Waals surface area contributed by atoms with Crippen LogP contribution in [0.25, 0.3) is 5.78 Å². The minimum Gasteiger partial charge on any atom is -0.356 e. The van der Waals surface area contributed by atoms with E-state index >= 15 is 0 Å². The molecule has 0 bridgehead atoms. The summed E-state index contributed by atoms with van der Waals surface area (Å²) < 4.78 is 13.4. The van der Waals surface area contributed by atoms with E-state index in [1.807, 2.05) is 12.1 Å². The average Bonchev–Trinajstić information content (AvgIpc) is 3.34. The van der Waals surface area contributed by atoms with Crippen LogP contribution in [0.1, 0.15) is 24.0 Å². The van der Waals surface area contributed by atoms with Gasteiger partial charge in [-0.25, -0.2) is 4.21 Å². The summed E-state index contributed by atoms with van der Waals surface area (Å²) in [6.07, 6.45) is 4.36.